The first-order valence-corrected chi connectivity index (χ1v) is 5.12. The molecule has 0 aliphatic heterocycles. The van der Waals surface area contributed by atoms with Gasteiger partial charge in [0.15, 0.2) is 0 Å². The molecule has 0 aromatic heterocycles. The van der Waals surface area contributed by atoms with Crippen molar-refractivity contribution in [1.29, 1.82) is 0 Å². The zero-order valence-electron chi connectivity index (χ0n) is 8.84. The van der Waals surface area contributed by atoms with E-state index in [-0.39, 0.29) is 23.5 Å². The second kappa shape index (κ2) is 3.05. The lowest BCUT2D eigenvalue weighted by atomic mass is 10.0. The fourth-order valence-electron chi connectivity index (χ4n) is 2.37. The molecule has 2 rings (SSSR count). The Bertz CT molecular complexity index is 236. The highest BCUT2D eigenvalue weighted by Gasteiger charge is 2.52. The number of aliphatic hydroxyl groups is 2. The third-order valence-electron chi connectivity index (χ3n) is 2.94. The summed E-state index contributed by atoms with van der Waals surface area (Å²) in [4.78, 5) is 0. The lowest BCUT2D eigenvalue weighted by molar-refractivity contribution is -0.0824. The molecule has 1 saturated carbocycles. The van der Waals surface area contributed by atoms with Gasteiger partial charge in [-0.3, -0.25) is 0 Å². The molecule has 2 bridgehead atoms. The van der Waals surface area contributed by atoms with E-state index < -0.39 is 12.2 Å². The Morgan fingerprint density at radius 2 is 1.43 bits per heavy atom. The Labute approximate surface area is 84.4 Å². The van der Waals surface area contributed by atoms with Crippen molar-refractivity contribution in [2.75, 3.05) is 0 Å². The maximum absolute atomic E-state index is 9.67. The van der Waals surface area contributed by atoms with Crippen LogP contribution in [-0.2, 0) is 4.74 Å². The number of ether oxygens (including phenoxy) is 1. The normalized spacial score (nSPS) is 46.2. The van der Waals surface area contributed by atoms with Gasteiger partial charge in [-0.25, -0.2) is 0 Å². The van der Waals surface area contributed by atoms with Crippen molar-refractivity contribution in [1.82, 2.24) is 0 Å². The molecule has 0 aromatic carbocycles. The lowest BCUT2D eigenvalue weighted by Crippen LogP contribution is -2.32. The molecule has 0 aromatic rings. The van der Waals surface area contributed by atoms with E-state index in [0.717, 1.165) is 0 Å². The van der Waals surface area contributed by atoms with Gasteiger partial charge in [0.2, 0.25) is 0 Å². The second-order valence-electron chi connectivity index (χ2n) is 5.22. The molecule has 0 amide bonds. The van der Waals surface area contributed by atoms with Gasteiger partial charge in [-0.05, 0) is 20.8 Å². The van der Waals surface area contributed by atoms with Crippen LogP contribution in [0.4, 0.5) is 0 Å². The summed E-state index contributed by atoms with van der Waals surface area (Å²) in [5.41, 5.74) is -0.225. The van der Waals surface area contributed by atoms with E-state index in [4.69, 9.17) is 4.74 Å². The summed E-state index contributed by atoms with van der Waals surface area (Å²) in [6, 6.07) is 0. The molecule has 0 radical (unpaired) electrons. The number of hydrogen-bond acceptors (Lipinski definition) is 3. The van der Waals surface area contributed by atoms with Crippen LogP contribution in [0.25, 0.3) is 0 Å². The van der Waals surface area contributed by atoms with Gasteiger partial charge in [0.1, 0.15) is 0 Å². The van der Waals surface area contributed by atoms with Crippen LogP contribution >= 0.6 is 0 Å². The van der Waals surface area contributed by atoms with Gasteiger partial charge in [0.05, 0.1) is 23.9 Å². The van der Waals surface area contributed by atoms with Crippen molar-refractivity contribution in [3.05, 3.63) is 12.2 Å². The molecule has 0 spiro atoms. The maximum atomic E-state index is 9.67. The summed E-state index contributed by atoms with van der Waals surface area (Å²) in [7, 11) is 0. The first kappa shape index (κ1) is 10.1. The predicted octanol–water partition coefficient (Wildman–Crippen LogP) is 0.708. The quantitative estimate of drug-likeness (QED) is 0.610. The Hall–Kier alpha value is -0.380. The lowest BCUT2D eigenvalue weighted by Gasteiger charge is -2.27. The molecular weight excluding hydrogens is 180 g/mol. The summed E-state index contributed by atoms with van der Waals surface area (Å²) in [6.07, 6.45) is 2.55. The van der Waals surface area contributed by atoms with Crippen LogP contribution in [-0.4, -0.2) is 34.1 Å². The van der Waals surface area contributed by atoms with Gasteiger partial charge < -0.3 is 14.9 Å². The molecule has 1 fully saturated rings. The van der Waals surface area contributed by atoms with Crippen LogP contribution < -0.4 is 0 Å². The van der Waals surface area contributed by atoms with Gasteiger partial charge in [0, 0.05) is 11.8 Å². The molecule has 1 unspecified atom stereocenters. The maximum Gasteiger partial charge on any atom is 0.0893 e. The minimum Gasteiger partial charge on any atom is -0.390 e. The van der Waals surface area contributed by atoms with E-state index in [1.807, 2.05) is 32.9 Å². The average molecular weight is 198 g/mol. The predicted molar refractivity (Wildman–Crippen MR) is 52.8 cm³/mol. The molecule has 0 heterocycles. The third-order valence-corrected chi connectivity index (χ3v) is 2.94. The molecule has 2 aliphatic rings. The van der Waals surface area contributed by atoms with Gasteiger partial charge in [-0.15, -0.1) is 0 Å². The standard InChI is InChI=1S/C11H18O3/c1-11(2,3)14-10-6-4-5-7(10)9(13)8(6)12/h4-10,12-13H,1-3H3/t6-,7+,8-,9+,10?. The molecule has 80 valence electrons. The fourth-order valence-corrected chi connectivity index (χ4v) is 2.37. The first-order chi connectivity index (χ1) is 6.40. The highest BCUT2D eigenvalue weighted by atomic mass is 16.5. The average Bonchev–Trinajstić information content (AvgIpc) is 2.49. The minimum atomic E-state index is -0.655. The van der Waals surface area contributed by atoms with Crippen molar-refractivity contribution in [2.24, 2.45) is 11.8 Å². The van der Waals surface area contributed by atoms with E-state index in [9.17, 15) is 10.2 Å². The van der Waals surface area contributed by atoms with Crippen molar-refractivity contribution in [3.8, 4) is 0 Å². The van der Waals surface area contributed by atoms with Crippen LogP contribution in [0, 0.1) is 11.8 Å². The first-order valence-electron chi connectivity index (χ1n) is 5.12. The van der Waals surface area contributed by atoms with Crippen LogP contribution in [0.15, 0.2) is 12.2 Å². The molecular formula is C11H18O3. The number of hydrogen-bond donors (Lipinski definition) is 2. The zero-order chi connectivity index (χ0) is 10.5. The SMILES string of the molecule is CC(C)(C)OC1[C@H]2C=C[C@@H]1[C@@H](O)[C@H]2O. The molecule has 3 nitrogen and oxygen atoms in total. The van der Waals surface area contributed by atoms with Crippen molar-refractivity contribution < 1.29 is 14.9 Å². The van der Waals surface area contributed by atoms with Crippen LogP contribution in [0.3, 0.4) is 0 Å². The van der Waals surface area contributed by atoms with Crippen LogP contribution in [0.5, 0.6) is 0 Å². The number of fused-ring (bicyclic) bond motifs is 2. The summed E-state index contributed by atoms with van der Waals surface area (Å²) >= 11 is 0. The molecule has 2 N–H and O–H groups in total. The van der Waals surface area contributed by atoms with E-state index in [0.29, 0.717) is 0 Å². The fraction of sp³-hybridized carbons (Fsp3) is 0.818. The van der Waals surface area contributed by atoms with Crippen LogP contribution in [0.2, 0.25) is 0 Å². The summed E-state index contributed by atoms with van der Waals surface area (Å²) in [5.74, 6) is -0.0663. The molecule has 0 saturated heterocycles. The number of aliphatic hydroxyl groups excluding tert-OH is 2. The van der Waals surface area contributed by atoms with Crippen LogP contribution in [0.1, 0.15) is 20.8 Å². The van der Waals surface area contributed by atoms with E-state index in [1.165, 1.54) is 0 Å². The highest BCUT2D eigenvalue weighted by Crippen LogP contribution is 2.43. The highest BCUT2D eigenvalue weighted by molar-refractivity contribution is 5.20. The summed E-state index contributed by atoms with van der Waals surface area (Å²) in [6.45, 7) is 5.97. The Morgan fingerprint density at radius 1 is 1.00 bits per heavy atom. The molecule has 3 heteroatoms. The second-order valence-corrected chi connectivity index (χ2v) is 5.22. The monoisotopic (exact) mass is 198 g/mol. The minimum absolute atomic E-state index is 0.0331. The van der Waals surface area contributed by atoms with E-state index in [2.05, 4.69) is 0 Å². The van der Waals surface area contributed by atoms with Crippen molar-refractivity contribution in [3.63, 3.8) is 0 Å². The topological polar surface area (TPSA) is 49.7 Å². The van der Waals surface area contributed by atoms with Crippen molar-refractivity contribution in [2.45, 2.75) is 44.7 Å². The smallest absolute Gasteiger partial charge is 0.0893 e. The van der Waals surface area contributed by atoms with Crippen molar-refractivity contribution >= 4 is 0 Å². The Balaban J connectivity index is 2.11. The molecule has 14 heavy (non-hydrogen) atoms. The largest absolute Gasteiger partial charge is 0.390 e. The van der Waals surface area contributed by atoms with E-state index in [1.54, 1.807) is 0 Å². The zero-order valence-corrected chi connectivity index (χ0v) is 8.84. The summed E-state index contributed by atoms with van der Waals surface area (Å²) < 4.78 is 5.84. The molecule has 2 aliphatic carbocycles. The van der Waals surface area contributed by atoms with Gasteiger partial charge in [-0.2, -0.15) is 0 Å². The van der Waals surface area contributed by atoms with E-state index >= 15 is 0 Å². The molecule has 5 atom stereocenters. The Morgan fingerprint density at radius 3 is 1.79 bits per heavy atom. The van der Waals surface area contributed by atoms with Gasteiger partial charge >= 0.3 is 0 Å². The third kappa shape index (κ3) is 1.49. The van der Waals surface area contributed by atoms with Gasteiger partial charge in [0.25, 0.3) is 0 Å². The summed E-state index contributed by atoms with van der Waals surface area (Å²) in [5, 5.41) is 19.3. The number of rotatable bonds is 1. The Kier molecular flexibility index (Phi) is 2.21. The van der Waals surface area contributed by atoms with Gasteiger partial charge in [-0.1, -0.05) is 12.2 Å².